The van der Waals surface area contributed by atoms with E-state index in [0.29, 0.717) is 18.3 Å². The van der Waals surface area contributed by atoms with Crippen molar-refractivity contribution in [2.24, 2.45) is 5.41 Å². The first kappa shape index (κ1) is 20.6. The monoisotopic (exact) mass is 379 g/mol. The van der Waals surface area contributed by atoms with Gasteiger partial charge in [-0.3, -0.25) is 19.8 Å². The number of imide groups is 1. The van der Waals surface area contributed by atoms with Gasteiger partial charge < -0.3 is 10.4 Å². The number of carboxylic acids is 1. The molecule has 26 heavy (non-hydrogen) atoms. The fourth-order valence-corrected chi connectivity index (χ4v) is 3.80. The Hall–Kier alpha value is -1.68. The lowest BCUT2D eigenvalue weighted by Crippen LogP contribution is -2.56. The first-order valence-corrected chi connectivity index (χ1v) is 8.72. The second-order valence-corrected chi connectivity index (χ2v) is 7.06. The van der Waals surface area contributed by atoms with Gasteiger partial charge >= 0.3 is 12.1 Å². The molecule has 148 valence electrons. The Kier molecular flexibility index (Phi) is 6.62. The minimum absolute atomic E-state index is 0.0724. The number of aliphatic carboxylic acids is 1. The van der Waals surface area contributed by atoms with E-state index in [1.54, 1.807) is 0 Å². The summed E-state index contributed by atoms with van der Waals surface area (Å²) < 4.78 is 31.7. The average Bonchev–Trinajstić information content (AvgIpc) is 2.57. The van der Waals surface area contributed by atoms with Crippen LogP contribution in [0, 0.1) is 5.41 Å². The topological polar surface area (TPSA) is 98.7 Å². The molecule has 0 aliphatic carbocycles. The van der Waals surface area contributed by atoms with Crippen molar-refractivity contribution >= 4 is 17.8 Å². The molecule has 1 unspecified atom stereocenters. The van der Waals surface area contributed by atoms with Crippen molar-refractivity contribution in [1.82, 2.24) is 15.5 Å². The van der Waals surface area contributed by atoms with E-state index in [4.69, 9.17) is 9.90 Å². The number of carbonyl (C=O) groups is 3. The van der Waals surface area contributed by atoms with Crippen LogP contribution < -0.4 is 10.6 Å². The molecular formula is C16H24F3N3O4. The van der Waals surface area contributed by atoms with Crippen molar-refractivity contribution in [3.63, 3.8) is 0 Å². The van der Waals surface area contributed by atoms with Crippen molar-refractivity contribution in [3.05, 3.63) is 0 Å². The Morgan fingerprint density at radius 3 is 2.12 bits per heavy atom. The molecule has 3 heterocycles. The van der Waals surface area contributed by atoms with Gasteiger partial charge in [0.05, 0.1) is 6.04 Å². The summed E-state index contributed by atoms with van der Waals surface area (Å²) >= 11 is 0. The van der Waals surface area contributed by atoms with Crippen LogP contribution in [-0.2, 0) is 14.4 Å². The molecule has 0 radical (unpaired) electrons. The third kappa shape index (κ3) is 5.41. The van der Waals surface area contributed by atoms with Gasteiger partial charge in [0.1, 0.15) is 0 Å². The fraction of sp³-hybridized carbons (Fsp3) is 0.812. The number of nitrogens with one attached hydrogen (secondary N) is 2. The van der Waals surface area contributed by atoms with E-state index in [0.717, 1.165) is 26.2 Å². The third-order valence-corrected chi connectivity index (χ3v) is 5.42. The highest BCUT2D eigenvalue weighted by molar-refractivity contribution is 6.00. The Labute approximate surface area is 149 Å². The van der Waals surface area contributed by atoms with Gasteiger partial charge in [0.15, 0.2) is 0 Å². The van der Waals surface area contributed by atoms with Crippen LogP contribution in [0.2, 0.25) is 0 Å². The van der Waals surface area contributed by atoms with Gasteiger partial charge in [-0.2, -0.15) is 13.2 Å². The predicted molar refractivity (Wildman–Crippen MR) is 85.2 cm³/mol. The number of carboxylic acid groups (broad SMARTS) is 1. The van der Waals surface area contributed by atoms with E-state index in [-0.39, 0.29) is 17.9 Å². The molecule has 0 bridgehead atoms. The molecule has 3 saturated heterocycles. The van der Waals surface area contributed by atoms with Gasteiger partial charge in [0.25, 0.3) is 0 Å². The second-order valence-electron chi connectivity index (χ2n) is 7.06. The zero-order valence-electron chi connectivity index (χ0n) is 14.4. The number of carbonyl (C=O) groups excluding carboxylic acids is 2. The molecule has 2 amide bonds. The summed E-state index contributed by atoms with van der Waals surface area (Å²) in [5.74, 6) is -2.96. The van der Waals surface area contributed by atoms with E-state index in [1.165, 1.54) is 25.7 Å². The van der Waals surface area contributed by atoms with Crippen molar-refractivity contribution in [2.45, 2.75) is 50.7 Å². The van der Waals surface area contributed by atoms with Crippen LogP contribution in [0.4, 0.5) is 13.2 Å². The third-order valence-electron chi connectivity index (χ3n) is 5.42. The summed E-state index contributed by atoms with van der Waals surface area (Å²) in [6.45, 7) is 4.29. The van der Waals surface area contributed by atoms with Crippen LogP contribution in [0.1, 0.15) is 38.5 Å². The molecule has 3 N–H and O–H groups in total. The fourth-order valence-electron chi connectivity index (χ4n) is 3.80. The smallest absolute Gasteiger partial charge is 0.475 e. The number of likely N-dealkylation sites (tertiary alicyclic amines) is 1. The number of hydrogen-bond donors (Lipinski definition) is 3. The molecule has 3 rings (SSSR count). The molecular weight excluding hydrogens is 355 g/mol. The number of nitrogens with zero attached hydrogens (tertiary/aromatic N) is 1. The van der Waals surface area contributed by atoms with E-state index >= 15 is 0 Å². The van der Waals surface area contributed by atoms with Crippen molar-refractivity contribution in [3.8, 4) is 0 Å². The van der Waals surface area contributed by atoms with Gasteiger partial charge in [-0.25, -0.2) is 4.79 Å². The molecule has 3 aliphatic heterocycles. The lowest BCUT2D eigenvalue weighted by Gasteiger charge is -2.46. The molecule has 10 heteroatoms. The number of rotatable bonds is 1. The highest BCUT2D eigenvalue weighted by Crippen LogP contribution is 2.40. The summed E-state index contributed by atoms with van der Waals surface area (Å²) in [4.78, 5) is 34.3. The summed E-state index contributed by atoms with van der Waals surface area (Å²) in [5, 5.41) is 13.0. The van der Waals surface area contributed by atoms with Gasteiger partial charge in [0, 0.05) is 6.42 Å². The maximum absolute atomic E-state index is 11.9. The summed E-state index contributed by atoms with van der Waals surface area (Å²) in [7, 11) is 0. The Morgan fingerprint density at radius 1 is 1.12 bits per heavy atom. The molecule has 0 aromatic heterocycles. The normalized spacial score (nSPS) is 26.7. The largest absolute Gasteiger partial charge is 0.490 e. The van der Waals surface area contributed by atoms with E-state index in [9.17, 15) is 22.8 Å². The van der Waals surface area contributed by atoms with Crippen LogP contribution >= 0.6 is 0 Å². The van der Waals surface area contributed by atoms with Crippen LogP contribution in [-0.4, -0.2) is 66.2 Å². The maximum Gasteiger partial charge on any atom is 0.490 e. The Balaban J connectivity index is 0.000000298. The standard InChI is InChI=1S/C14H23N3O2.C2HF3O2/c18-12-2-1-11(13(19)16-12)17-9-5-14(6-10-17)3-7-15-8-4-14;3-2(4,5)1(6)7/h11,15H,1-10H2,(H,16,18,19);(H,6,7). The Morgan fingerprint density at radius 2 is 1.65 bits per heavy atom. The molecule has 7 nitrogen and oxygen atoms in total. The second kappa shape index (κ2) is 8.34. The average molecular weight is 379 g/mol. The first-order valence-electron chi connectivity index (χ1n) is 8.72. The number of amides is 2. The van der Waals surface area contributed by atoms with Gasteiger partial charge in [-0.05, 0) is 63.7 Å². The van der Waals surface area contributed by atoms with Crippen molar-refractivity contribution in [1.29, 1.82) is 0 Å². The van der Waals surface area contributed by atoms with Gasteiger partial charge in [-0.15, -0.1) is 0 Å². The number of piperidine rings is 3. The van der Waals surface area contributed by atoms with Crippen LogP contribution in [0.5, 0.6) is 0 Å². The summed E-state index contributed by atoms with van der Waals surface area (Å²) in [6, 6.07) is -0.0724. The number of halogens is 3. The molecule has 3 fully saturated rings. The minimum atomic E-state index is -5.08. The molecule has 0 saturated carbocycles. The predicted octanol–water partition coefficient (Wildman–Crippen LogP) is 0.891. The molecule has 3 aliphatic rings. The van der Waals surface area contributed by atoms with Gasteiger partial charge in [-0.1, -0.05) is 0 Å². The quantitative estimate of drug-likeness (QED) is 0.586. The van der Waals surface area contributed by atoms with Crippen LogP contribution in [0.25, 0.3) is 0 Å². The molecule has 1 spiro atoms. The number of alkyl halides is 3. The van der Waals surface area contributed by atoms with E-state index < -0.39 is 12.1 Å². The molecule has 0 aromatic rings. The first-order chi connectivity index (χ1) is 12.1. The zero-order chi connectivity index (χ0) is 19.4. The maximum atomic E-state index is 11.9. The SMILES string of the molecule is O=C(O)C(F)(F)F.O=C1CCC(N2CCC3(CCNCC3)CC2)C(=O)N1. The Bertz CT molecular complexity index is 537. The van der Waals surface area contributed by atoms with Crippen molar-refractivity contribution in [2.75, 3.05) is 26.2 Å². The van der Waals surface area contributed by atoms with Crippen molar-refractivity contribution < 1.29 is 32.7 Å². The summed E-state index contributed by atoms with van der Waals surface area (Å²) in [5.41, 5.74) is 0.517. The minimum Gasteiger partial charge on any atom is -0.475 e. The lowest BCUT2D eigenvalue weighted by atomic mass is 9.71. The summed E-state index contributed by atoms with van der Waals surface area (Å²) in [6.07, 6.45) is 1.05. The van der Waals surface area contributed by atoms with E-state index in [2.05, 4.69) is 15.5 Å². The molecule has 1 atom stereocenters. The van der Waals surface area contributed by atoms with Crippen LogP contribution in [0.15, 0.2) is 0 Å². The highest BCUT2D eigenvalue weighted by Gasteiger charge is 2.40. The lowest BCUT2D eigenvalue weighted by molar-refractivity contribution is -0.192. The van der Waals surface area contributed by atoms with E-state index in [1.807, 2.05) is 0 Å². The zero-order valence-corrected chi connectivity index (χ0v) is 14.4. The van der Waals surface area contributed by atoms with Gasteiger partial charge in [0.2, 0.25) is 11.8 Å². The molecule has 0 aromatic carbocycles. The number of hydrogen-bond acceptors (Lipinski definition) is 5. The highest BCUT2D eigenvalue weighted by atomic mass is 19.4. The van der Waals surface area contributed by atoms with Crippen LogP contribution in [0.3, 0.4) is 0 Å².